The first kappa shape index (κ1) is 15.0. The standard InChI is InChI=1S/C12H13BrF3NO/c1-7(12(14,15)16)11(18)17-8(2)9-5-3-4-6-10(9)13/h3-8H,1-2H3,(H,17,18)/t7-,8-/m0/s1. The number of nitrogens with one attached hydrogen (secondary N) is 1. The van der Waals surface area contributed by atoms with Gasteiger partial charge in [-0.25, -0.2) is 0 Å². The van der Waals surface area contributed by atoms with E-state index in [9.17, 15) is 18.0 Å². The Labute approximate surface area is 112 Å². The summed E-state index contributed by atoms with van der Waals surface area (Å²) in [6.45, 7) is 2.49. The van der Waals surface area contributed by atoms with Gasteiger partial charge in [-0.2, -0.15) is 13.2 Å². The molecule has 1 N–H and O–H groups in total. The fraction of sp³-hybridized carbons (Fsp3) is 0.417. The first-order chi connectivity index (χ1) is 8.23. The molecule has 1 aromatic rings. The molecule has 0 aliphatic rings. The number of carbonyl (C=O) groups is 1. The molecule has 0 aliphatic carbocycles. The highest BCUT2D eigenvalue weighted by Gasteiger charge is 2.41. The van der Waals surface area contributed by atoms with Gasteiger partial charge in [0.1, 0.15) is 5.92 Å². The van der Waals surface area contributed by atoms with Crippen molar-refractivity contribution in [1.29, 1.82) is 0 Å². The van der Waals surface area contributed by atoms with E-state index in [2.05, 4.69) is 21.2 Å². The summed E-state index contributed by atoms with van der Waals surface area (Å²) >= 11 is 3.29. The zero-order valence-electron chi connectivity index (χ0n) is 9.88. The van der Waals surface area contributed by atoms with Gasteiger partial charge < -0.3 is 5.32 Å². The Morgan fingerprint density at radius 1 is 1.28 bits per heavy atom. The normalized spacial score (nSPS) is 15.0. The Balaban J connectivity index is 2.75. The Morgan fingerprint density at radius 3 is 2.33 bits per heavy atom. The van der Waals surface area contributed by atoms with Crippen LogP contribution in [0.2, 0.25) is 0 Å². The lowest BCUT2D eigenvalue weighted by Crippen LogP contribution is -2.38. The van der Waals surface area contributed by atoms with Gasteiger partial charge in [0, 0.05) is 4.47 Å². The molecule has 100 valence electrons. The molecule has 0 aliphatic heterocycles. The topological polar surface area (TPSA) is 29.1 Å². The number of alkyl halides is 3. The van der Waals surface area contributed by atoms with Crippen molar-refractivity contribution < 1.29 is 18.0 Å². The largest absolute Gasteiger partial charge is 0.400 e. The van der Waals surface area contributed by atoms with Crippen LogP contribution in [0.25, 0.3) is 0 Å². The quantitative estimate of drug-likeness (QED) is 0.900. The second-order valence-corrected chi connectivity index (χ2v) is 4.87. The monoisotopic (exact) mass is 323 g/mol. The summed E-state index contributed by atoms with van der Waals surface area (Å²) < 4.78 is 37.8. The third kappa shape index (κ3) is 3.73. The number of rotatable bonds is 3. The van der Waals surface area contributed by atoms with E-state index in [0.717, 1.165) is 17.0 Å². The van der Waals surface area contributed by atoms with Crippen LogP contribution in [-0.4, -0.2) is 12.1 Å². The van der Waals surface area contributed by atoms with Crippen LogP contribution in [0.4, 0.5) is 13.2 Å². The smallest absolute Gasteiger partial charge is 0.349 e. The Morgan fingerprint density at radius 2 is 1.83 bits per heavy atom. The Hall–Kier alpha value is -1.04. The van der Waals surface area contributed by atoms with Crippen LogP contribution in [0.15, 0.2) is 28.7 Å². The predicted octanol–water partition coefficient (Wildman–Crippen LogP) is 3.82. The van der Waals surface area contributed by atoms with Crippen molar-refractivity contribution >= 4 is 21.8 Å². The molecular weight excluding hydrogens is 311 g/mol. The van der Waals surface area contributed by atoms with Gasteiger partial charge in [-0.15, -0.1) is 0 Å². The van der Waals surface area contributed by atoms with Crippen molar-refractivity contribution in [2.75, 3.05) is 0 Å². The van der Waals surface area contributed by atoms with E-state index >= 15 is 0 Å². The van der Waals surface area contributed by atoms with Gasteiger partial charge >= 0.3 is 6.18 Å². The zero-order chi connectivity index (χ0) is 13.9. The highest BCUT2D eigenvalue weighted by Crippen LogP contribution is 2.27. The molecule has 0 spiro atoms. The van der Waals surface area contributed by atoms with Crippen molar-refractivity contribution in [3.05, 3.63) is 34.3 Å². The summed E-state index contributed by atoms with van der Waals surface area (Å²) in [5.41, 5.74) is 0.736. The van der Waals surface area contributed by atoms with E-state index in [-0.39, 0.29) is 0 Å². The number of hydrogen-bond donors (Lipinski definition) is 1. The number of benzene rings is 1. The summed E-state index contributed by atoms with van der Waals surface area (Å²) in [5, 5.41) is 2.35. The summed E-state index contributed by atoms with van der Waals surface area (Å²) in [6, 6.07) is 6.58. The molecule has 0 unspecified atom stereocenters. The number of halogens is 4. The summed E-state index contributed by atoms with van der Waals surface area (Å²) in [7, 11) is 0. The minimum Gasteiger partial charge on any atom is -0.349 e. The van der Waals surface area contributed by atoms with Crippen LogP contribution in [0.1, 0.15) is 25.5 Å². The first-order valence-corrected chi connectivity index (χ1v) is 6.14. The molecule has 1 rings (SSSR count). The maximum absolute atomic E-state index is 12.4. The van der Waals surface area contributed by atoms with Crippen molar-refractivity contribution in [3.63, 3.8) is 0 Å². The van der Waals surface area contributed by atoms with Gasteiger partial charge in [0.2, 0.25) is 5.91 Å². The van der Waals surface area contributed by atoms with Crippen LogP contribution in [-0.2, 0) is 4.79 Å². The lowest BCUT2D eigenvalue weighted by molar-refractivity contribution is -0.179. The average Bonchev–Trinajstić information content (AvgIpc) is 2.27. The molecule has 0 heterocycles. The van der Waals surface area contributed by atoms with Gasteiger partial charge in [-0.1, -0.05) is 34.1 Å². The van der Waals surface area contributed by atoms with Crippen molar-refractivity contribution in [2.45, 2.75) is 26.1 Å². The van der Waals surface area contributed by atoms with Crippen molar-refractivity contribution in [2.24, 2.45) is 5.92 Å². The minimum atomic E-state index is -4.52. The van der Waals surface area contributed by atoms with E-state index < -0.39 is 24.0 Å². The zero-order valence-corrected chi connectivity index (χ0v) is 11.5. The van der Waals surface area contributed by atoms with Crippen LogP contribution >= 0.6 is 15.9 Å². The number of hydrogen-bond acceptors (Lipinski definition) is 1. The number of carbonyl (C=O) groups excluding carboxylic acids is 1. The lowest BCUT2D eigenvalue weighted by atomic mass is 10.1. The van der Waals surface area contributed by atoms with Gasteiger partial charge in [0.05, 0.1) is 6.04 Å². The first-order valence-electron chi connectivity index (χ1n) is 5.35. The molecule has 0 saturated heterocycles. The SMILES string of the molecule is C[C@H](NC(=O)[C@H](C)C(F)(F)F)c1ccccc1Br. The van der Waals surface area contributed by atoms with E-state index in [1.807, 2.05) is 0 Å². The molecule has 0 fully saturated rings. The molecule has 1 aromatic carbocycles. The fourth-order valence-corrected chi connectivity index (χ4v) is 2.02. The molecule has 2 nitrogen and oxygen atoms in total. The van der Waals surface area contributed by atoms with Crippen LogP contribution in [0.5, 0.6) is 0 Å². The fourth-order valence-electron chi connectivity index (χ4n) is 1.39. The van der Waals surface area contributed by atoms with Crippen LogP contribution in [0.3, 0.4) is 0 Å². The molecule has 0 bridgehead atoms. The van der Waals surface area contributed by atoms with Crippen molar-refractivity contribution in [3.8, 4) is 0 Å². The van der Waals surface area contributed by atoms with Gasteiger partial charge in [0.15, 0.2) is 0 Å². The average molecular weight is 324 g/mol. The highest BCUT2D eigenvalue weighted by atomic mass is 79.9. The molecule has 6 heteroatoms. The molecule has 1 amide bonds. The maximum atomic E-state index is 12.4. The van der Waals surface area contributed by atoms with Crippen LogP contribution < -0.4 is 5.32 Å². The molecule has 0 saturated carbocycles. The van der Waals surface area contributed by atoms with E-state index in [4.69, 9.17) is 0 Å². The minimum absolute atomic E-state index is 0.488. The second-order valence-electron chi connectivity index (χ2n) is 4.02. The van der Waals surface area contributed by atoms with Crippen molar-refractivity contribution in [1.82, 2.24) is 5.32 Å². The second kappa shape index (κ2) is 5.73. The Bertz CT molecular complexity index is 434. The Kier molecular flexibility index (Phi) is 4.78. The van der Waals surface area contributed by atoms with Gasteiger partial charge in [-0.3, -0.25) is 4.79 Å². The predicted molar refractivity (Wildman–Crippen MR) is 65.9 cm³/mol. The third-order valence-corrected chi connectivity index (χ3v) is 3.34. The van der Waals surface area contributed by atoms with E-state index in [1.54, 1.807) is 31.2 Å². The van der Waals surface area contributed by atoms with Gasteiger partial charge in [0.25, 0.3) is 0 Å². The molecule has 0 radical (unpaired) electrons. The molecule has 0 aromatic heterocycles. The lowest BCUT2D eigenvalue weighted by Gasteiger charge is -2.20. The van der Waals surface area contributed by atoms with E-state index in [1.165, 1.54) is 0 Å². The number of amides is 1. The summed E-state index contributed by atoms with van der Waals surface area (Å²) in [5.74, 6) is -3.03. The summed E-state index contributed by atoms with van der Waals surface area (Å²) in [4.78, 5) is 11.4. The van der Waals surface area contributed by atoms with E-state index in [0.29, 0.717) is 0 Å². The third-order valence-electron chi connectivity index (χ3n) is 2.61. The molecule has 2 atom stereocenters. The maximum Gasteiger partial charge on any atom is 0.400 e. The highest BCUT2D eigenvalue weighted by molar-refractivity contribution is 9.10. The molecular formula is C12H13BrF3NO. The molecule has 18 heavy (non-hydrogen) atoms. The van der Waals surface area contributed by atoms with Gasteiger partial charge in [-0.05, 0) is 25.5 Å². The van der Waals surface area contributed by atoms with Crippen LogP contribution in [0, 0.1) is 5.92 Å². The summed E-state index contributed by atoms with van der Waals surface area (Å²) in [6.07, 6.45) is -4.52.